The number of alkyl halides is 3. The van der Waals surface area contributed by atoms with E-state index in [1.165, 1.54) is 19.1 Å². The Hall–Kier alpha value is -3.21. The number of nitro groups is 1. The molecular weight excluding hydrogens is 439 g/mol. The molecule has 3 aromatic rings. The summed E-state index contributed by atoms with van der Waals surface area (Å²) in [5.41, 5.74) is -0.977. The topological polar surface area (TPSA) is 103 Å². The van der Waals surface area contributed by atoms with Crippen LogP contribution in [0.1, 0.15) is 35.7 Å². The Morgan fingerprint density at radius 2 is 2.06 bits per heavy atom. The lowest BCUT2D eigenvalue weighted by atomic mass is 10.1. The Balaban J connectivity index is 1.70. The summed E-state index contributed by atoms with van der Waals surface area (Å²) in [4.78, 5) is 27.4. The van der Waals surface area contributed by atoms with Crippen molar-refractivity contribution in [2.24, 2.45) is 0 Å². The van der Waals surface area contributed by atoms with Crippen molar-refractivity contribution in [1.82, 2.24) is 14.8 Å². The van der Waals surface area contributed by atoms with Crippen molar-refractivity contribution in [3.05, 3.63) is 56.4 Å². The first-order valence-corrected chi connectivity index (χ1v) is 9.61. The number of anilines is 1. The molecule has 2 aromatic heterocycles. The van der Waals surface area contributed by atoms with Gasteiger partial charge in [0.2, 0.25) is 5.91 Å². The van der Waals surface area contributed by atoms with E-state index in [0.29, 0.717) is 5.69 Å². The quantitative estimate of drug-likeness (QED) is 0.440. The molecule has 0 bridgehead atoms. The molecule has 162 valence electrons. The summed E-state index contributed by atoms with van der Waals surface area (Å²) in [6.07, 6.45) is -3.09. The average molecular weight is 454 g/mol. The van der Waals surface area contributed by atoms with Crippen LogP contribution in [0.3, 0.4) is 0 Å². The SMILES string of the molecule is Cc1nn(CC(=O)Nc2ccc(Cl)cc2[N+](=O)[O-])c2nc(C3CC3)cc(C(F)(F)F)c12. The van der Waals surface area contributed by atoms with Crippen molar-refractivity contribution in [1.29, 1.82) is 0 Å². The van der Waals surface area contributed by atoms with Gasteiger partial charge in [-0.3, -0.25) is 14.9 Å². The van der Waals surface area contributed by atoms with Crippen molar-refractivity contribution < 1.29 is 22.9 Å². The number of pyridine rings is 1. The molecule has 0 radical (unpaired) electrons. The summed E-state index contributed by atoms with van der Waals surface area (Å²) in [7, 11) is 0. The molecule has 1 aliphatic carbocycles. The monoisotopic (exact) mass is 453 g/mol. The smallest absolute Gasteiger partial charge is 0.319 e. The van der Waals surface area contributed by atoms with Crippen molar-refractivity contribution in [3.8, 4) is 0 Å². The summed E-state index contributed by atoms with van der Waals surface area (Å²) in [5.74, 6) is -0.748. The largest absolute Gasteiger partial charge is 0.417 e. The lowest BCUT2D eigenvalue weighted by molar-refractivity contribution is -0.383. The van der Waals surface area contributed by atoms with Gasteiger partial charge in [-0.1, -0.05) is 11.6 Å². The third kappa shape index (κ3) is 4.18. The summed E-state index contributed by atoms with van der Waals surface area (Å²) < 4.78 is 42.1. The van der Waals surface area contributed by atoms with Gasteiger partial charge in [0, 0.05) is 22.7 Å². The van der Waals surface area contributed by atoms with E-state index in [2.05, 4.69) is 15.4 Å². The van der Waals surface area contributed by atoms with Crippen LogP contribution in [0.15, 0.2) is 24.3 Å². The first kappa shape index (κ1) is 21.0. The second kappa shape index (κ2) is 7.49. The molecule has 0 unspecified atom stereocenters. The maximum Gasteiger partial charge on any atom is 0.417 e. The number of nitrogens with one attached hydrogen (secondary N) is 1. The third-order valence-corrected chi connectivity index (χ3v) is 5.16. The van der Waals surface area contributed by atoms with Gasteiger partial charge in [-0.2, -0.15) is 18.3 Å². The van der Waals surface area contributed by atoms with Gasteiger partial charge >= 0.3 is 6.18 Å². The van der Waals surface area contributed by atoms with Gasteiger partial charge in [0.15, 0.2) is 5.65 Å². The fraction of sp³-hybridized carbons (Fsp3) is 0.316. The molecule has 1 saturated carbocycles. The highest BCUT2D eigenvalue weighted by atomic mass is 35.5. The predicted molar refractivity (Wildman–Crippen MR) is 106 cm³/mol. The molecule has 12 heteroatoms. The van der Waals surface area contributed by atoms with E-state index < -0.39 is 34.8 Å². The molecule has 31 heavy (non-hydrogen) atoms. The average Bonchev–Trinajstić information content (AvgIpc) is 3.48. The van der Waals surface area contributed by atoms with Gasteiger partial charge in [-0.25, -0.2) is 9.67 Å². The van der Waals surface area contributed by atoms with E-state index in [4.69, 9.17) is 11.6 Å². The van der Waals surface area contributed by atoms with Gasteiger partial charge in [0.05, 0.1) is 21.6 Å². The predicted octanol–water partition coefficient (Wildman–Crippen LogP) is 4.84. The lowest BCUT2D eigenvalue weighted by Crippen LogP contribution is -2.20. The fourth-order valence-corrected chi connectivity index (χ4v) is 3.55. The Morgan fingerprint density at radius 3 is 2.68 bits per heavy atom. The number of aromatic nitrogens is 3. The number of aryl methyl sites for hydroxylation is 1. The van der Waals surface area contributed by atoms with E-state index >= 15 is 0 Å². The first-order valence-electron chi connectivity index (χ1n) is 9.23. The van der Waals surface area contributed by atoms with E-state index in [1.54, 1.807) is 0 Å². The number of hydrogen-bond acceptors (Lipinski definition) is 5. The molecule has 1 amide bonds. The summed E-state index contributed by atoms with van der Waals surface area (Å²) in [6.45, 7) is 0.941. The van der Waals surface area contributed by atoms with Crippen LogP contribution in [0.2, 0.25) is 5.02 Å². The van der Waals surface area contributed by atoms with Crippen LogP contribution < -0.4 is 5.32 Å². The minimum absolute atomic E-state index is 0.0419. The van der Waals surface area contributed by atoms with Gasteiger partial charge < -0.3 is 5.32 Å². The first-order chi connectivity index (χ1) is 14.5. The number of rotatable bonds is 5. The highest BCUT2D eigenvalue weighted by Crippen LogP contribution is 2.43. The zero-order valence-electron chi connectivity index (χ0n) is 16.0. The molecule has 0 atom stereocenters. The summed E-state index contributed by atoms with van der Waals surface area (Å²) in [5, 5.41) is 17.6. The van der Waals surface area contributed by atoms with E-state index in [0.717, 1.165) is 29.7 Å². The number of halogens is 4. The second-order valence-corrected chi connectivity index (χ2v) is 7.71. The number of carbonyl (C=O) groups is 1. The van der Waals surface area contributed by atoms with E-state index in [1.807, 2.05) is 0 Å². The standard InChI is InChI=1S/C19H15ClF3N5O3/c1-9-17-12(19(21,22)23)7-14(10-2-3-10)25-18(17)27(26-9)8-16(29)24-13-5-4-11(20)6-15(13)28(30)31/h4-7,10H,2-3,8H2,1H3,(H,24,29). The molecule has 8 nitrogen and oxygen atoms in total. The van der Waals surface area contributed by atoms with Gasteiger partial charge in [0.1, 0.15) is 12.2 Å². The molecule has 0 spiro atoms. The third-order valence-electron chi connectivity index (χ3n) is 4.92. The van der Waals surface area contributed by atoms with Crippen LogP contribution in [-0.2, 0) is 17.5 Å². The zero-order chi connectivity index (χ0) is 22.5. The van der Waals surface area contributed by atoms with E-state index in [9.17, 15) is 28.1 Å². The molecule has 0 saturated heterocycles. The van der Waals surface area contributed by atoms with Gasteiger partial charge in [-0.15, -0.1) is 0 Å². The molecule has 4 rings (SSSR count). The van der Waals surface area contributed by atoms with Crippen LogP contribution in [-0.4, -0.2) is 25.6 Å². The zero-order valence-corrected chi connectivity index (χ0v) is 16.8. The normalized spacial score (nSPS) is 14.1. The minimum atomic E-state index is -4.60. The number of amides is 1. The molecule has 1 aromatic carbocycles. The minimum Gasteiger partial charge on any atom is -0.319 e. The summed E-state index contributed by atoms with van der Waals surface area (Å²) >= 11 is 5.76. The molecular formula is C19H15ClF3N5O3. The molecule has 1 fully saturated rings. The number of nitrogens with zero attached hydrogens (tertiary/aromatic N) is 4. The number of hydrogen-bond donors (Lipinski definition) is 1. The Labute approximate surface area is 178 Å². The van der Waals surface area contributed by atoms with Crippen LogP contribution >= 0.6 is 11.6 Å². The molecule has 2 heterocycles. The second-order valence-electron chi connectivity index (χ2n) is 7.28. The highest BCUT2D eigenvalue weighted by molar-refractivity contribution is 6.31. The van der Waals surface area contributed by atoms with Crippen molar-refractivity contribution in [3.63, 3.8) is 0 Å². The Kier molecular flexibility index (Phi) is 5.08. The fourth-order valence-electron chi connectivity index (χ4n) is 3.38. The van der Waals surface area contributed by atoms with Gasteiger partial charge in [-0.05, 0) is 38.0 Å². The maximum atomic E-state index is 13.7. The number of carbonyl (C=O) groups excluding carboxylic acids is 1. The highest BCUT2D eigenvalue weighted by Gasteiger charge is 2.37. The summed E-state index contributed by atoms with van der Waals surface area (Å²) in [6, 6.07) is 4.78. The number of fused-ring (bicyclic) bond motifs is 1. The van der Waals surface area contributed by atoms with Crippen LogP contribution in [0, 0.1) is 17.0 Å². The van der Waals surface area contributed by atoms with Crippen LogP contribution in [0.4, 0.5) is 24.5 Å². The number of benzene rings is 1. The number of nitro benzene ring substituents is 1. The van der Waals surface area contributed by atoms with Crippen molar-refractivity contribution in [2.45, 2.75) is 38.4 Å². The Morgan fingerprint density at radius 1 is 1.35 bits per heavy atom. The van der Waals surface area contributed by atoms with Crippen LogP contribution in [0.25, 0.3) is 11.0 Å². The van der Waals surface area contributed by atoms with E-state index in [-0.39, 0.29) is 33.4 Å². The van der Waals surface area contributed by atoms with Crippen molar-refractivity contribution in [2.75, 3.05) is 5.32 Å². The maximum absolute atomic E-state index is 13.7. The lowest BCUT2D eigenvalue weighted by Gasteiger charge is -2.11. The molecule has 0 aliphatic heterocycles. The molecule has 1 N–H and O–H groups in total. The Bertz CT molecular complexity index is 1220. The molecule has 1 aliphatic rings. The van der Waals surface area contributed by atoms with Gasteiger partial charge in [0.25, 0.3) is 5.69 Å². The van der Waals surface area contributed by atoms with Crippen LogP contribution in [0.5, 0.6) is 0 Å². The van der Waals surface area contributed by atoms with Crippen molar-refractivity contribution >= 4 is 39.9 Å².